The molecule has 4 heterocycles. The Kier molecular flexibility index (Phi) is 7.15. The molecule has 2 saturated heterocycles. The van der Waals surface area contributed by atoms with Gasteiger partial charge in [0.15, 0.2) is 17.8 Å². The highest BCUT2D eigenvalue weighted by Gasteiger charge is 2.51. The number of aliphatic hydroxyl groups is 1. The first kappa shape index (κ1) is 26.5. The van der Waals surface area contributed by atoms with Gasteiger partial charge in [-0.3, -0.25) is 0 Å². The number of fused-ring (bicyclic) bond motifs is 1. The van der Waals surface area contributed by atoms with Gasteiger partial charge in [0.25, 0.3) is 0 Å². The molecular formula is C23H21BrF3N7O4. The van der Waals surface area contributed by atoms with E-state index in [9.17, 15) is 23.8 Å². The third-order valence-corrected chi connectivity index (χ3v) is 7.06. The average molecular weight is 596 g/mol. The molecule has 11 nitrogen and oxygen atoms in total. The van der Waals surface area contributed by atoms with Gasteiger partial charge in [-0.15, -0.1) is 0 Å². The lowest BCUT2D eigenvalue weighted by atomic mass is 9.91. The summed E-state index contributed by atoms with van der Waals surface area (Å²) >= 11 is 3.22. The topological polar surface area (TPSA) is 140 Å². The van der Waals surface area contributed by atoms with Crippen LogP contribution in [0, 0.1) is 13.8 Å². The lowest BCUT2D eigenvalue weighted by Crippen LogP contribution is -2.58. The third kappa shape index (κ3) is 4.88. The molecule has 5 rings (SSSR count). The number of benzene rings is 1. The van der Waals surface area contributed by atoms with Crippen molar-refractivity contribution >= 4 is 15.9 Å². The molecule has 6 atom stereocenters. The van der Waals surface area contributed by atoms with Gasteiger partial charge < -0.3 is 19.3 Å². The molecule has 0 saturated carbocycles. The van der Waals surface area contributed by atoms with Crippen LogP contribution in [0.1, 0.15) is 41.0 Å². The van der Waals surface area contributed by atoms with Gasteiger partial charge in [0.05, 0.1) is 30.1 Å². The molecule has 0 spiro atoms. The van der Waals surface area contributed by atoms with Gasteiger partial charge in [-0.25, -0.2) is 14.6 Å². The number of pyridine rings is 1. The predicted octanol–water partition coefficient (Wildman–Crippen LogP) is 4.65. The van der Waals surface area contributed by atoms with Crippen molar-refractivity contribution in [3.8, 4) is 5.69 Å². The number of aromatic nitrogens is 4. The van der Waals surface area contributed by atoms with Crippen molar-refractivity contribution in [2.24, 2.45) is 5.11 Å². The minimum atomic E-state index is -4.81. The molecule has 38 heavy (non-hydrogen) atoms. The summed E-state index contributed by atoms with van der Waals surface area (Å²) in [6.45, 7) is 2.93. The van der Waals surface area contributed by atoms with Crippen LogP contribution in [0.3, 0.4) is 0 Å². The van der Waals surface area contributed by atoms with Gasteiger partial charge in [0.2, 0.25) is 0 Å². The lowest BCUT2D eigenvalue weighted by molar-refractivity contribution is -0.309. The number of ether oxygens (including phenoxy) is 3. The minimum Gasteiger partial charge on any atom is -0.389 e. The molecule has 2 aliphatic heterocycles. The molecule has 0 amide bonds. The molecule has 0 aliphatic carbocycles. The van der Waals surface area contributed by atoms with E-state index in [1.165, 1.54) is 19.9 Å². The van der Waals surface area contributed by atoms with Crippen molar-refractivity contribution < 1.29 is 32.5 Å². The van der Waals surface area contributed by atoms with Crippen LogP contribution in [0.4, 0.5) is 13.2 Å². The highest BCUT2D eigenvalue weighted by molar-refractivity contribution is 9.10. The summed E-state index contributed by atoms with van der Waals surface area (Å²) < 4.78 is 61.1. The van der Waals surface area contributed by atoms with E-state index in [0.29, 0.717) is 4.47 Å². The number of aliphatic hydroxyl groups excluding tert-OH is 1. The molecule has 2 fully saturated rings. The zero-order valence-electron chi connectivity index (χ0n) is 19.9. The van der Waals surface area contributed by atoms with E-state index in [0.717, 1.165) is 10.2 Å². The number of azide groups is 1. The summed E-state index contributed by atoms with van der Waals surface area (Å²) in [6, 6.07) is 9.12. The molecule has 0 radical (unpaired) electrons. The van der Waals surface area contributed by atoms with Crippen LogP contribution in [0.15, 0.2) is 46.0 Å². The van der Waals surface area contributed by atoms with Crippen LogP contribution in [0.25, 0.3) is 16.1 Å². The Morgan fingerprint density at radius 3 is 2.61 bits per heavy atom. The van der Waals surface area contributed by atoms with E-state index < -0.39 is 54.3 Å². The maximum atomic E-state index is 14.0. The summed E-state index contributed by atoms with van der Waals surface area (Å²) in [6.07, 6.45) is -10.2. The number of alkyl halides is 3. The van der Waals surface area contributed by atoms with Crippen molar-refractivity contribution in [3.05, 3.63) is 79.9 Å². The quantitative estimate of drug-likeness (QED) is 0.263. The summed E-state index contributed by atoms with van der Waals surface area (Å²) in [5.74, 6) is 0.00295. The maximum Gasteiger partial charge on any atom is 0.435 e. The van der Waals surface area contributed by atoms with Crippen molar-refractivity contribution in [2.75, 3.05) is 6.61 Å². The molecule has 15 heteroatoms. The Morgan fingerprint density at radius 2 is 1.92 bits per heavy atom. The molecule has 3 aromatic rings. The summed E-state index contributed by atoms with van der Waals surface area (Å²) in [5, 5.41) is 19.2. The Balaban J connectivity index is 1.54. The summed E-state index contributed by atoms with van der Waals surface area (Å²) in [7, 11) is 0. The Morgan fingerprint density at radius 1 is 1.18 bits per heavy atom. The first-order chi connectivity index (χ1) is 18.1. The Labute approximate surface area is 222 Å². The molecular weight excluding hydrogens is 575 g/mol. The van der Waals surface area contributed by atoms with E-state index in [1.807, 2.05) is 18.2 Å². The van der Waals surface area contributed by atoms with Crippen molar-refractivity contribution in [3.63, 3.8) is 0 Å². The third-order valence-electron chi connectivity index (χ3n) is 6.25. The largest absolute Gasteiger partial charge is 0.435 e. The molecule has 2 aliphatic rings. The number of rotatable bonds is 4. The van der Waals surface area contributed by atoms with Gasteiger partial charge in [-0.05, 0) is 41.4 Å². The fourth-order valence-corrected chi connectivity index (χ4v) is 4.84. The highest BCUT2D eigenvalue weighted by Crippen LogP contribution is 2.41. The normalized spacial score (nSPS) is 27.4. The minimum absolute atomic E-state index is 0.00342. The van der Waals surface area contributed by atoms with Crippen LogP contribution in [-0.2, 0) is 20.4 Å². The van der Waals surface area contributed by atoms with Crippen molar-refractivity contribution in [1.82, 2.24) is 19.7 Å². The molecule has 200 valence electrons. The first-order valence-corrected chi connectivity index (χ1v) is 12.3. The molecule has 1 aromatic carbocycles. The monoisotopic (exact) mass is 595 g/mol. The smallest absolute Gasteiger partial charge is 0.389 e. The van der Waals surface area contributed by atoms with Crippen molar-refractivity contribution in [2.45, 2.75) is 56.8 Å². The zero-order chi connectivity index (χ0) is 27.2. The van der Waals surface area contributed by atoms with E-state index in [-0.39, 0.29) is 23.9 Å². The van der Waals surface area contributed by atoms with Crippen LogP contribution >= 0.6 is 15.9 Å². The SMILES string of the molecule is Cc1nc([C@@H]2OC3COC(c4ccccc4)O[C@@H]3C(N=[N+]=[N-])C2O)n(-c2cc(Br)c(C)nc2C(F)(F)F)n1. The van der Waals surface area contributed by atoms with Crippen LogP contribution in [0.5, 0.6) is 0 Å². The van der Waals surface area contributed by atoms with E-state index >= 15 is 0 Å². The lowest BCUT2D eigenvalue weighted by Gasteiger charge is -2.46. The standard InChI is InChI=1S/C23H21BrF3N7O4/c1-10-13(24)8-14(20(29-10)23(25,26)27)34-21(30-11(2)32-34)19-17(35)16(31-33-28)18-15(37-19)9-36-22(38-18)12-6-4-3-5-7-12/h3-8,15-19,22,35H,9H2,1-2H3/t15?,16?,17?,18-,19+,22?/m0/s1. The van der Waals surface area contributed by atoms with E-state index in [4.69, 9.17) is 14.2 Å². The molecule has 0 bridgehead atoms. The van der Waals surface area contributed by atoms with E-state index in [2.05, 4.69) is 41.0 Å². The molecule has 2 aromatic heterocycles. The Hall–Kier alpha value is -3.07. The Bertz CT molecular complexity index is 1380. The van der Waals surface area contributed by atoms with Gasteiger partial charge in [-0.2, -0.15) is 18.3 Å². The van der Waals surface area contributed by atoms with Crippen LogP contribution in [0.2, 0.25) is 0 Å². The van der Waals surface area contributed by atoms with Gasteiger partial charge in [-0.1, -0.05) is 35.4 Å². The second-order valence-electron chi connectivity index (χ2n) is 8.81. The number of nitrogens with zero attached hydrogens (tertiary/aromatic N) is 7. The van der Waals surface area contributed by atoms with Crippen LogP contribution in [-0.4, -0.2) is 55.8 Å². The van der Waals surface area contributed by atoms with Crippen LogP contribution < -0.4 is 0 Å². The number of aryl methyl sites for hydroxylation is 2. The second-order valence-corrected chi connectivity index (χ2v) is 9.66. The first-order valence-electron chi connectivity index (χ1n) is 11.5. The van der Waals surface area contributed by atoms with Gasteiger partial charge in [0.1, 0.15) is 24.1 Å². The van der Waals surface area contributed by atoms with Crippen molar-refractivity contribution in [1.29, 1.82) is 0 Å². The fraction of sp³-hybridized carbons (Fsp3) is 0.435. The average Bonchev–Trinajstić information content (AvgIpc) is 3.27. The number of hydrogen-bond donors (Lipinski definition) is 1. The molecule has 1 N–H and O–H groups in total. The van der Waals surface area contributed by atoms with E-state index in [1.54, 1.807) is 12.1 Å². The van der Waals surface area contributed by atoms with Gasteiger partial charge in [0, 0.05) is 14.9 Å². The number of halogens is 4. The predicted molar refractivity (Wildman–Crippen MR) is 128 cm³/mol. The zero-order valence-corrected chi connectivity index (χ0v) is 21.5. The number of hydrogen-bond acceptors (Lipinski definition) is 8. The highest BCUT2D eigenvalue weighted by atomic mass is 79.9. The molecule has 4 unspecified atom stereocenters. The summed E-state index contributed by atoms with van der Waals surface area (Å²) in [4.78, 5) is 10.8. The summed E-state index contributed by atoms with van der Waals surface area (Å²) in [5.41, 5.74) is 8.48. The fourth-order valence-electron chi connectivity index (χ4n) is 4.53. The van der Waals surface area contributed by atoms with Gasteiger partial charge >= 0.3 is 6.18 Å². The maximum absolute atomic E-state index is 14.0. The second kappa shape index (κ2) is 10.2.